The zero-order valence-corrected chi connectivity index (χ0v) is 18.3. The number of amides is 2. The number of hydrogen-bond donors (Lipinski definition) is 1. The zero-order valence-electron chi connectivity index (χ0n) is 16.6. The lowest BCUT2D eigenvalue weighted by atomic mass is 10.2. The van der Waals surface area contributed by atoms with Gasteiger partial charge in [0.1, 0.15) is 17.7 Å². The molecule has 1 aliphatic heterocycles. The van der Waals surface area contributed by atoms with Crippen molar-refractivity contribution in [3.8, 4) is 0 Å². The smallest absolute Gasteiger partial charge is 0.343 e. The Balaban J connectivity index is 2.00. The van der Waals surface area contributed by atoms with Crippen molar-refractivity contribution in [3.05, 3.63) is 29.8 Å². The lowest BCUT2D eigenvalue weighted by molar-refractivity contribution is -0.120. The molecule has 0 saturated heterocycles. The average molecular weight is 446 g/mol. The molecule has 0 aromatic heterocycles. The summed E-state index contributed by atoms with van der Waals surface area (Å²) in [6.45, 7) is 3.66. The van der Waals surface area contributed by atoms with Crippen LogP contribution in [0.2, 0.25) is 0 Å². The normalized spacial score (nSPS) is 15.4. The summed E-state index contributed by atoms with van der Waals surface area (Å²) in [6.07, 6.45) is 2.67. The highest BCUT2D eigenvalue weighted by molar-refractivity contribution is 7.90. The van der Waals surface area contributed by atoms with Gasteiger partial charge in [-0.15, -0.1) is 0 Å². The van der Waals surface area contributed by atoms with Gasteiger partial charge in [-0.05, 0) is 25.0 Å². The second-order valence-corrected chi connectivity index (χ2v) is 10.4. The molecule has 0 saturated carbocycles. The number of carbonyl (C=O) groups is 2. The molecule has 11 heteroatoms. The molecule has 9 nitrogen and oxygen atoms in total. The fourth-order valence-corrected chi connectivity index (χ4v) is 5.55. The van der Waals surface area contributed by atoms with Gasteiger partial charge in [-0.2, -0.15) is 0 Å². The van der Waals surface area contributed by atoms with E-state index in [1.54, 1.807) is 6.07 Å². The molecule has 0 aliphatic carbocycles. The number of benzene rings is 1. The Kier molecular flexibility index (Phi) is 8.39. The van der Waals surface area contributed by atoms with E-state index in [0.29, 0.717) is 17.1 Å². The van der Waals surface area contributed by atoms with E-state index in [0.717, 1.165) is 12.8 Å². The van der Waals surface area contributed by atoms with Crippen molar-refractivity contribution in [2.24, 2.45) is 0 Å². The number of fused-ring (bicyclic) bond motifs is 1. The van der Waals surface area contributed by atoms with Gasteiger partial charge < -0.3 is 14.4 Å². The van der Waals surface area contributed by atoms with Gasteiger partial charge in [0.05, 0.1) is 18.8 Å². The van der Waals surface area contributed by atoms with Crippen LogP contribution in [0.3, 0.4) is 0 Å². The SMILES string of the molecule is CCCCOP(=O)(CNC(=O)CN1C(=O)c2ccccc2S1(=O)=O)OCCCC. The topological polar surface area (TPSA) is 119 Å². The molecule has 29 heavy (non-hydrogen) atoms. The van der Waals surface area contributed by atoms with Crippen LogP contribution in [0.15, 0.2) is 29.2 Å². The molecular weight excluding hydrogens is 419 g/mol. The summed E-state index contributed by atoms with van der Waals surface area (Å²) < 4.78 is 49.1. The van der Waals surface area contributed by atoms with E-state index < -0.39 is 42.3 Å². The summed E-state index contributed by atoms with van der Waals surface area (Å²) in [5.41, 5.74) is 0.0248. The third kappa shape index (κ3) is 5.88. The first-order valence-electron chi connectivity index (χ1n) is 9.56. The van der Waals surface area contributed by atoms with E-state index in [1.807, 2.05) is 13.8 Å². The molecule has 2 rings (SSSR count). The third-order valence-corrected chi connectivity index (χ3v) is 7.73. The molecule has 1 N–H and O–H groups in total. The molecule has 1 aromatic rings. The lowest BCUT2D eigenvalue weighted by Gasteiger charge is -2.20. The van der Waals surface area contributed by atoms with Gasteiger partial charge >= 0.3 is 7.60 Å². The van der Waals surface area contributed by atoms with Gasteiger partial charge in [0, 0.05) is 0 Å². The Morgan fingerprint density at radius 1 is 1.10 bits per heavy atom. The van der Waals surface area contributed by atoms with Crippen LogP contribution in [0, 0.1) is 0 Å². The van der Waals surface area contributed by atoms with Crippen LogP contribution < -0.4 is 5.32 Å². The number of rotatable bonds is 12. The summed E-state index contributed by atoms with van der Waals surface area (Å²) in [5.74, 6) is -1.54. The fraction of sp³-hybridized carbons (Fsp3) is 0.556. The minimum Gasteiger partial charge on any atom is -0.343 e. The highest BCUT2D eigenvalue weighted by Crippen LogP contribution is 2.47. The number of hydrogen-bond acceptors (Lipinski definition) is 7. The summed E-state index contributed by atoms with van der Waals surface area (Å²) in [5, 5.41) is 2.38. The summed E-state index contributed by atoms with van der Waals surface area (Å²) in [7, 11) is -7.66. The van der Waals surface area contributed by atoms with Crippen molar-refractivity contribution in [2.75, 3.05) is 26.0 Å². The molecule has 1 aliphatic rings. The predicted molar refractivity (Wildman–Crippen MR) is 107 cm³/mol. The quantitative estimate of drug-likeness (QED) is 0.387. The van der Waals surface area contributed by atoms with Crippen LogP contribution in [0.4, 0.5) is 0 Å². The average Bonchev–Trinajstić information content (AvgIpc) is 2.88. The Morgan fingerprint density at radius 3 is 2.24 bits per heavy atom. The van der Waals surface area contributed by atoms with Gasteiger partial charge in [-0.25, -0.2) is 12.7 Å². The highest BCUT2D eigenvalue weighted by atomic mass is 32.2. The molecule has 1 heterocycles. The molecule has 2 amide bonds. The Hall–Kier alpha value is -1.74. The monoisotopic (exact) mass is 446 g/mol. The van der Waals surface area contributed by atoms with Crippen molar-refractivity contribution in [1.82, 2.24) is 9.62 Å². The van der Waals surface area contributed by atoms with E-state index >= 15 is 0 Å². The van der Waals surface area contributed by atoms with E-state index in [1.165, 1.54) is 18.2 Å². The first-order chi connectivity index (χ1) is 13.7. The van der Waals surface area contributed by atoms with E-state index in [4.69, 9.17) is 9.05 Å². The molecule has 0 atom stereocenters. The number of unbranched alkanes of at least 4 members (excludes halogenated alkanes) is 2. The highest BCUT2D eigenvalue weighted by Gasteiger charge is 2.42. The van der Waals surface area contributed by atoms with Crippen molar-refractivity contribution in [2.45, 2.75) is 44.4 Å². The Bertz CT molecular complexity index is 874. The van der Waals surface area contributed by atoms with Crippen molar-refractivity contribution >= 4 is 29.4 Å². The zero-order chi connectivity index (χ0) is 21.5. The van der Waals surface area contributed by atoms with Gasteiger partial charge in [-0.3, -0.25) is 14.2 Å². The minimum atomic E-state index is -4.09. The molecular formula is C18H27N2O7PS. The van der Waals surface area contributed by atoms with Crippen molar-refractivity contribution < 1.29 is 31.6 Å². The maximum atomic E-state index is 12.8. The molecule has 0 spiro atoms. The standard InChI is InChI=1S/C18H27N2O7PS/c1-3-5-11-26-28(23,27-12-6-4-2)14-19-17(21)13-20-18(22)15-9-7-8-10-16(15)29(20,24)25/h7-10H,3-6,11-14H2,1-2H3,(H,19,21). The van der Waals surface area contributed by atoms with E-state index in [2.05, 4.69) is 5.32 Å². The number of sulfonamides is 1. The van der Waals surface area contributed by atoms with Gasteiger partial charge in [0.2, 0.25) is 5.91 Å². The number of nitrogens with one attached hydrogen (secondary N) is 1. The maximum Gasteiger partial charge on any atom is 0.349 e. The van der Waals surface area contributed by atoms with Crippen LogP contribution in [-0.4, -0.2) is 50.6 Å². The van der Waals surface area contributed by atoms with Crippen LogP contribution in [-0.2, 0) is 28.4 Å². The predicted octanol–water partition coefficient (Wildman–Crippen LogP) is 2.73. The molecule has 0 bridgehead atoms. The second-order valence-electron chi connectivity index (χ2n) is 6.56. The molecule has 162 valence electrons. The number of nitrogens with zero attached hydrogens (tertiary/aromatic N) is 1. The summed E-state index contributed by atoms with van der Waals surface area (Å²) in [4.78, 5) is 24.5. The maximum absolute atomic E-state index is 12.8. The van der Waals surface area contributed by atoms with E-state index in [-0.39, 0.29) is 23.7 Å². The molecule has 1 aromatic carbocycles. The Morgan fingerprint density at radius 2 is 1.69 bits per heavy atom. The minimum absolute atomic E-state index is 0.0248. The van der Waals surface area contributed by atoms with Crippen LogP contribution in [0.25, 0.3) is 0 Å². The summed E-state index contributed by atoms with van der Waals surface area (Å²) in [6, 6.07) is 5.76. The first-order valence-corrected chi connectivity index (χ1v) is 12.7. The molecule has 0 unspecified atom stereocenters. The second kappa shape index (κ2) is 10.3. The first kappa shape index (κ1) is 23.5. The van der Waals surface area contributed by atoms with Crippen LogP contribution in [0.5, 0.6) is 0 Å². The molecule has 0 fully saturated rings. The van der Waals surface area contributed by atoms with Crippen LogP contribution in [0.1, 0.15) is 49.9 Å². The van der Waals surface area contributed by atoms with Crippen LogP contribution >= 0.6 is 7.60 Å². The summed E-state index contributed by atoms with van der Waals surface area (Å²) >= 11 is 0. The van der Waals surface area contributed by atoms with Crippen molar-refractivity contribution in [1.29, 1.82) is 0 Å². The van der Waals surface area contributed by atoms with E-state index in [9.17, 15) is 22.6 Å². The molecule has 0 radical (unpaired) electrons. The number of carbonyl (C=O) groups excluding carboxylic acids is 2. The van der Waals surface area contributed by atoms with Gasteiger partial charge in [0.25, 0.3) is 15.9 Å². The fourth-order valence-electron chi connectivity index (χ4n) is 2.58. The lowest BCUT2D eigenvalue weighted by Crippen LogP contribution is -2.40. The van der Waals surface area contributed by atoms with Gasteiger partial charge in [0.15, 0.2) is 0 Å². The Labute approximate surface area is 171 Å². The third-order valence-electron chi connectivity index (χ3n) is 4.24. The largest absolute Gasteiger partial charge is 0.349 e. The van der Waals surface area contributed by atoms with Crippen molar-refractivity contribution in [3.63, 3.8) is 0 Å². The van der Waals surface area contributed by atoms with Gasteiger partial charge in [-0.1, -0.05) is 38.8 Å².